The van der Waals surface area contributed by atoms with Crippen molar-refractivity contribution in [3.05, 3.63) is 88.6 Å². The van der Waals surface area contributed by atoms with Gasteiger partial charge in [-0.05, 0) is 47.2 Å². The minimum atomic E-state index is -0.448. The largest absolute Gasteiger partial charge is 0.381 e. The first-order valence-corrected chi connectivity index (χ1v) is 10.9. The summed E-state index contributed by atoms with van der Waals surface area (Å²) >= 11 is 1.61. The average Bonchev–Trinajstić information content (AvgIpc) is 3.45. The van der Waals surface area contributed by atoms with Crippen molar-refractivity contribution in [3.63, 3.8) is 0 Å². The lowest BCUT2D eigenvalue weighted by Gasteiger charge is -2.11. The van der Waals surface area contributed by atoms with Crippen LogP contribution in [0.25, 0.3) is 11.1 Å². The number of rotatable bonds is 8. The average molecular weight is 435 g/mol. The number of carbonyl (C=O) groups is 1. The molecule has 31 heavy (non-hydrogen) atoms. The number of anilines is 2. The van der Waals surface area contributed by atoms with Gasteiger partial charge in [-0.25, -0.2) is 4.39 Å². The lowest BCUT2D eigenvalue weighted by molar-refractivity contribution is -0.116. The Kier molecular flexibility index (Phi) is 6.43. The van der Waals surface area contributed by atoms with Gasteiger partial charge in [0.1, 0.15) is 5.82 Å². The van der Waals surface area contributed by atoms with E-state index in [1.54, 1.807) is 28.2 Å². The van der Waals surface area contributed by atoms with Gasteiger partial charge in [0.25, 0.3) is 0 Å². The van der Waals surface area contributed by atoms with Crippen LogP contribution < -0.4 is 10.6 Å². The van der Waals surface area contributed by atoms with Gasteiger partial charge >= 0.3 is 0 Å². The second-order valence-electron chi connectivity index (χ2n) is 7.28. The Labute approximate surface area is 184 Å². The topological polar surface area (TPSA) is 59.0 Å². The second kappa shape index (κ2) is 9.57. The van der Waals surface area contributed by atoms with Gasteiger partial charge < -0.3 is 10.6 Å². The van der Waals surface area contributed by atoms with Crippen LogP contribution in [-0.2, 0) is 24.8 Å². The number of halogens is 1. The molecule has 2 heterocycles. The molecule has 0 radical (unpaired) electrons. The highest BCUT2D eigenvalue weighted by Gasteiger charge is 2.09. The molecule has 0 saturated heterocycles. The van der Waals surface area contributed by atoms with Gasteiger partial charge in [-0.1, -0.05) is 30.3 Å². The van der Waals surface area contributed by atoms with Crippen molar-refractivity contribution >= 4 is 28.6 Å². The maximum atomic E-state index is 14.2. The first-order chi connectivity index (χ1) is 15.1. The van der Waals surface area contributed by atoms with E-state index < -0.39 is 5.82 Å². The van der Waals surface area contributed by atoms with E-state index in [9.17, 15) is 9.18 Å². The Morgan fingerprint density at radius 1 is 1.13 bits per heavy atom. The van der Waals surface area contributed by atoms with E-state index in [4.69, 9.17) is 0 Å². The zero-order valence-corrected chi connectivity index (χ0v) is 18.0. The molecule has 0 spiro atoms. The normalized spacial score (nSPS) is 10.8. The summed E-state index contributed by atoms with van der Waals surface area (Å²) in [5, 5.41) is 12.1. The SMILES string of the molecule is Cn1cc(-c2ccc(CNc3ccc(F)c(NC(=O)CCc4cccs4)c3)cc2)cn1. The number of amides is 1. The van der Waals surface area contributed by atoms with Gasteiger partial charge in [0.15, 0.2) is 0 Å². The fourth-order valence-electron chi connectivity index (χ4n) is 3.22. The number of thiophene rings is 1. The summed E-state index contributed by atoms with van der Waals surface area (Å²) in [6.07, 6.45) is 4.78. The van der Waals surface area contributed by atoms with Gasteiger partial charge in [0.05, 0.1) is 11.9 Å². The van der Waals surface area contributed by atoms with Crippen molar-refractivity contribution in [1.29, 1.82) is 0 Å². The molecule has 0 bridgehead atoms. The van der Waals surface area contributed by atoms with Crippen LogP contribution in [0.1, 0.15) is 16.9 Å². The third-order valence-corrected chi connectivity index (χ3v) is 5.84. The van der Waals surface area contributed by atoms with Crippen LogP contribution in [0.4, 0.5) is 15.8 Å². The molecule has 0 saturated carbocycles. The van der Waals surface area contributed by atoms with Crippen LogP contribution in [0, 0.1) is 5.82 Å². The number of aromatic nitrogens is 2. The second-order valence-corrected chi connectivity index (χ2v) is 8.31. The zero-order valence-electron chi connectivity index (χ0n) is 17.1. The van der Waals surface area contributed by atoms with E-state index in [1.807, 2.05) is 49.1 Å². The molecule has 0 atom stereocenters. The molecule has 4 aromatic rings. The maximum Gasteiger partial charge on any atom is 0.224 e. The van der Waals surface area contributed by atoms with Crippen molar-refractivity contribution in [2.45, 2.75) is 19.4 Å². The number of carbonyl (C=O) groups excluding carboxylic acids is 1. The van der Waals surface area contributed by atoms with Gasteiger partial charge in [-0.3, -0.25) is 9.48 Å². The third-order valence-electron chi connectivity index (χ3n) is 4.91. The van der Waals surface area contributed by atoms with Gasteiger partial charge in [-0.2, -0.15) is 5.10 Å². The van der Waals surface area contributed by atoms with E-state index in [0.29, 0.717) is 19.4 Å². The van der Waals surface area contributed by atoms with Crippen LogP contribution in [0.5, 0.6) is 0 Å². The molecule has 5 nitrogen and oxygen atoms in total. The predicted molar refractivity (Wildman–Crippen MR) is 124 cm³/mol. The van der Waals surface area contributed by atoms with Crippen molar-refractivity contribution < 1.29 is 9.18 Å². The highest BCUT2D eigenvalue weighted by atomic mass is 32.1. The highest BCUT2D eigenvalue weighted by molar-refractivity contribution is 7.09. The molecule has 0 aliphatic heterocycles. The van der Waals surface area contributed by atoms with Gasteiger partial charge in [-0.15, -0.1) is 11.3 Å². The minimum Gasteiger partial charge on any atom is -0.381 e. The lowest BCUT2D eigenvalue weighted by atomic mass is 10.1. The number of hydrogen-bond acceptors (Lipinski definition) is 4. The molecule has 2 aromatic heterocycles. The Morgan fingerprint density at radius 2 is 1.97 bits per heavy atom. The summed E-state index contributed by atoms with van der Waals surface area (Å²) in [5.74, 6) is -0.647. The molecular formula is C24H23FN4OS. The smallest absolute Gasteiger partial charge is 0.224 e. The Bertz CT molecular complexity index is 1150. The standard InChI is InChI=1S/C24H23FN4OS/c1-29-16-19(15-27-29)18-6-4-17(5-7-18)14-26-20-8-10-22(25)23(13-20)28-24(30)11-9-21-3-2-12-31-21/h2-8,10,12-13,15-16,26H,9,11,14H2,1H3,(H,28,30). The summed E-state index contributed by atoms with van der Waals surface area (Å²) in [6, 6.07) is 16.8. The first kappa shape index (κ1) is 20.8. The van der Waals surface area contributed by atoms with Crippen LogP contribution in [0.3, 0.4) is 0 Å². The van der Waals surface area contributed by atoms with Crippen molar-refractivity contribution in [2.75, 3.05) is 10.6 Å². The number of benzene rings is 2. The van der Waals surface area contributed by atoms with Gasteiger partial charge in [0, 0.05) is 42.3 Å². The van der Waals surface area contributed by atoms with E-state index in [1.165, 1.54) is 6.07 Å². The first-order valence-electron chi connectivity index (χ1n) is 10.0. The van der Waals surface area contributed by atoms with Crippen molar-refractivity contribution in [1.82, 2.24) is 9.78 Å². The Morgan fingerprint density at radius 3 is 2.68 bits per heavy atom. The van der Waals surface area contributed by atoms with E-state index in [2.05, 4.69) is 27.9 Å². The molecule has 1 amide bonds. The van der Waals surface area contributed by atoms with E-state index in [0.717, 1.165) is 27.3 Å². The molecule has 2 N–H and O–H groups in total. The highest BCUT2D eigenvalue weighted by Crippen LogP contribution is 2.22. The summed E-state index contributed by atoms with van der Waals surface area (Å²) in [4.78, 5) is 13.3. The van der Waals surface area contributed by atoms with E-state index in [-0.39, 0.29) is 11.6 Å². The molecule has 2 aromatic carbocycles. The van der Waals surface area contributed by atoms with Gasteiger partial charge in [0.2, 0.25) is 5.91 Å². The predicted octanol–water partition coefficient (Wildman–Crippen LogP) is 5.47. The fraction of sp³-hybridized carbons (Fsp3) is 0.167. The number of nitrogens with one attached hydrogen (secondary N) is 2. The molecule has 0 aliphatic rings. The van der Waals surface area contributed by atoms with Crippen LogP contribution in [0.2, 0.25) is 0 Å². The van der Waals surface area contributed by atoms with Crippen molar-refractivity contribution in [3.8, 4) is 11.1 Å². The summed E-state index contributed by atoms with van der Waals surface area (Å²) < 4.78 is 15.9. The Balaban J connectivity index is 1.34. The number of nitrogens with zero attached hydrogens (tertiary/aromatic N) is 2. The van der Waals surface area contributed by atoms with Crippen molar-refractivity contribution in [2.24, 2.45) is 7.05 Å². The molecule has 0 unspecified atom stereocenters. The molecule has 0 aliphatic carbocycles. The molecule has 158 valence electrons. The third kappa shape index (κ3) is 5.58. The monoisotopic (exact) mass is 434 g/mol. The van der Waals surface area contributed by atoms with Crippen LogP contribution >= 0.6 is 11.3 Å². The number of hydrogen-bond donors (Lipinski definition) is 2. The number of aryl methyl sites for hydroxylation is 2. The zero-order chi connectivity index (χ0) is 21.6. The molecular weight excluding hydrogens is 411 g/mol. The molecule has 4 rings (SSSR count). The summed E-state index contributed by atoms with van der Waals surface area (Å²) in [6.45, 7) is 0.588. The van der Waals surface area contributed by atoms with E-state index >= 15 is 0 Å². The lowest BCUT2D eigenvalue weighted by Crippen LogP contribution is -2.13. The Hall–Kier alpha value is -3.45. The van der Waals surface area contributed by atoms with Crippen LogP contribution in [0.15, 0.2) is 72.4 Å². The minimum absolute atomic E-state index is 0.188. The molecule has 7 heteroatoms. The maximum absolute atomic E-state index is 14.2. The molecule has 0 fully saturated rings. The fourth-order valence-corrected chi connectivity index (χ4v) is 3.93. The quantitative estimate of drug-likeness (QED) is 0.387. The summed E-state index contributed by atoms with van der Waals surface area (Å²) in [7, 11) is 1.89. The van der Waals surface area contributed by atoms with Crippen LogP contribution in [-0.4, -0.2) is 15.7 Å². The summed E-state index contributed by atoms with van der Waals surface area (Å²) in [5.41, 5.74) is 4.20.